The molecule has 1 aromatic heterocycles. The van der Waals surface area contributed by atoms with Crippen molar-refractivity contribution in [3.8, 4) is 5.69 Å². The number of benzene rings is 1. The van der Waals surface area contributed by atoms with Crippen LogP contribution in [0.5, 0.6) is 0 Å². The minimum Gasteiger partial charge on any atom is -0.322 e. The highest BCUT2D eigenvalue weighted by molar-refractivity contribution is 5.33. The van der Waals surface area contributed by atoms with Crippen LogP contribution in [0.25, 0.3) is 5.69 Å². The van der Waals surface area contributed by atoms with Gasteiger partial charge in [0.1, 0.15) is 0 Å². The summed E-state index contributed by atoms with van der Waals surface area (Å²) in [5, 5.41) is 4.47. The number of rotatable bonds is 3. The first-order chi connectivity index (χ1) is 9.86. The van der Waals surface area contributed by atoms with E-state index in [9.17, 15) is 0 Å². The molecule has 3 atom stereocenters. The Morgan fingerprint density at radius 3 is 2.45 bits per heavy atom. The zero-order valence-corrected chi connectivity index (χ0v) is 11.7. The molecule has 1 heterocycles. The predicted molar refractivity (Wildman–Crippen MR) is 79.4 cm³/mol. The van der Waals surface area contributed by atoms with Crippen molar-refractivity contribution in [1.29, 1.82) is 0 Å². The highest BCUT2D eigenvalue weighted by atomic mass is 15.3. The van der Waals surface area contributed by atoms with Crippen molar-refractivity contribution in [2.75, 3.05) is 0 Å². The van der Waals surface area contributed by atoms with E-state index >= 15 is 0 Å². The van der Waals surface area contributed by atoms with Crippen molar-refractivity contribution >= 4 is 0 Å². The van der Waals surface area contributed by atoms with E-state index in [1.807, 2.05) is 29.1 Å². The molecule has 0 bridgehead atoms. The molecule has 0 saturated heterocycles. The van der Waals surface area contributed by atoms with Gasteiger partial charge in [-0.2, -0.15) is 5.10 Å². The van der Waals surface area contributed by atoms with Crippen LogP contribution in [-0.2, 0) is 0 Å². The summed E-state index contributed by atoms with van der Waals surface area (Å²) in [4.78, 5) is 0. The van der Waals surface area contributed by atoms with Crippen LogP contribution in [0.2, 0.25) is 0 Å². The van der Waals surface area contributed by atoms with Crippen molar-refractivity contribution < 1.29 is 0 Å². The average Bonchev–Trinajstić information content (AvgIpc) is 3.02. The number of fused-ring (bicyclic) bond motifs is 1. The summed E-state index contributed by atoms with van der Waals surface area (Å²) >= 11 is 0. The topological polar surface area (TPSA) is 43.8 Å². The molecule has 0 amide bonds. The normalized spacial score (nSPS) is 29.8. The van der Waals surface area contributed by atoms with Crippen LogP contribution in [0.1, 0.15) is 37.4 Å². The SMILES string of the molecule is NC(c1ccnn1-c1ccccc1)C1C2CCCCC21. The van der Waals surface area contributed by atoms with Gasteiger partial charge >= 0.3 is 0 Å². The lowest BCUT2D eigenvalue weighted by molar-refractivity contribution is 0.480. The summed E-state index contributed by atoms with van der Waals surface area (Å²) in [6.07, 6.45) is 7.41. The molecule has 2 aromatic rings. The first-order valence-electron chi connectivity index (χ1n) is 7.71. The molecule has 0 radical (unpaired) electrons. The van der Waals surface area contributed by atoms with Gasteiger partial charge in [0.05, 0.1) is 17.4 Å². The molecule has 20 heavy (non-hydrogen) atoms. The maximum atomic E-state index is 6.58. The number of hydrogen-bond acceptors (Lipinski definition) is 2. The summed E-state index contributed by atoms with van der Waals surface area (Å²) < 4.78 is 2.01. The van der Waals surface area contributed by atoms with Crippen LogP contribution >= 0.6 is 0 Å². The van der Waals surface area contributed by atoms with E-state index in [1.165, 1.54) is 25.7 Å². The second-order valence-electron chi connectivity index (χ2n) is 6.22. The van der Waals surface area contributed by atoms with Crippen LogP contribution in [0.15, 0.2) is 42.6 Å². The van der Waals surface area contributed by atoms with E-state index in [0.29, 0.717) is 5.92 Å². The Balaban J connectivity index is 1.62. The summed E-state index contributed by atoms with van der Waals surface area (Å²) in [7, 11) is 0. The maximum Gasteiger partial charge on any atom is 0.0649 e. The average molecular weight is 267 g/mol. The molecule has 2 saturated carbocycles. The van der Waals surface area contributed by atoms with Crippen molar-refractivity contribution in [1.82, 2.24) is 9.78 Å². The van der Waals surface area contributed by atoms with E-state index in [4.69, 9.17) is 5.73 Å². The summed E-state index contributed by atoms with van der Waals surface area (Å²) in [6.45, 7) is 0. The van der Waals surface area contributed by atoms with Gasteiger partial charge in [-0.05, 0) is 48.8 Å². The third-order valence-corrected chi connectivity index (χ3v) is 5.15. The Hall–Kier alpha value is -1.61. The highest BCUT2D eigenvalue weighted by Crippen LogP contribution is 2.59. The van der Waals surface area contributed by atoms with Gasteiger partial charge in [-0.3, -0.25) is 0 Å². The number of aromatic nitrogens is 2. The van der Waals surface area contributed by atoms with Gasteiger partial charge < -0.3 is 5.73 Å². The number of para-hydroxylation sites is 1. The quantitative estimate of drug-likeness (QED) is 0.927. The molecule has 0 spiro atoms. The van der Waals surface area contributed by atoms with Crippen molar-refractivity contribution in [2.45, 2.75) is 31.7 Å². The summed E-state index contributed by atoms with van der Waals surface area (Å²) in [5.74, 6) is 2.42. The minimum absolute atomic E-state index is 0.130. The van der Waals surface area contributed by atoms with Gasteiger partial charge in [0.25, 0.3) is 0 Å². The Morgan fingerprint density at radius 2 is 1.75 bits per heavy atom. The second kappa shape index (κ2) is 4.74. The molecule has 0 aliphatic heterocycles. The zero-order valence-electron chi connectivity index (χ0n) is 11.7. The molecular formula is C17H21N3. The van der Waals surface area contributed by atoms with Crippen LogP contribution in [0.3, 0.4) is 0 Å². The zero-order chi connectivity index (χ0) is 13.5. The van der Waals surface area contributed by atoms with E-state index in [2.05, 4.69) is 23.3 Å². The number of nitrogens with two attached hydrogens (primary N) is 1. The van der Waals surface area contributed by atoms with Crippen molar-refractivity contribution in [3.05, 3.63) is 48.3 Å². The van der Waals surface area contributed by atoms with Crippen LogP contribution < -0.4 is 5.73 Å². The smallest absolute Gasteiger partial charge is 0.0649 e. The minimum atomic E-state index is 0.130. The molecule has 104 valence electrons. The van der Waals surface area contributed by atoms with E-state index in [0.717, 1.165) is 23.2 Å². The van der Waals surface area contributed by atoms with E-state index in [1.54, 1.807) is 0 Å². The van der Waals surface area contributed by atoms with Gasteiger partial charge in [0, 0.05) is 6.20 Å². The van der Waals surface area contributed by atoms with Crippen LogP contribution in [-0.4, -0.2) is 9.78 Å². The van der Waals surface area contributed by atoms with Gasteiger partial charge in [-0.25, -0.2) is 4.68 Å². The van der Waals surface area contributed by atoms with Crippen LogP contribution in [0, 0.1) is 17.8 Å². The van der Waals surface area contributed by atoms with E-state index in [-0.39, 0.29) is 6.04 Å². The Morgan fingerprint density at radius 1 is 1.05 bits per heavy atom. The summed E-state index contributed by atoms with van der Waals surface area (Å²) in [5.41, 5.74) is 8.85. The molecule has 3 unspecified atom stereocenters. The molecule has 3 nitrogen and oxygen atoms in total. The predicted octanol–water partition coefficient (Wildman–Crippen LogP) is 3.31. The second-order valence-corrected chi connectivity index (χ2v) is 6.22. The molecule has 2 N–H and O–H groups in total. The lowest BCUT2D eigenvalue weighted by Gasteiger charge is -2.14. The molecule has 2 fully saturated rings. The Labute approximate surface area is 119 Å². The highest BCUT2D eigenvalue weighted by Gasteiger charge is 2.54. The monoisotopic (exact) mass is 267 g/mol. The van der Waals surface area contributed by atoms with Crippen molar-refractivity contribution in [3.63, 3.8) is 0 Å². The fourth-order valence-corrected chi connectivity index (χ4v) is 4.13. The van der Waals surface area contributed by atoms with Gasteiger partial charge in [0.2, 0.25) is 0 Å². The standard InChI is InChI=1S/C17H21N3/c18-17(16-13-8-4-5-9-14(13)16)15-10-11-19-20(15)12-6-2-1-3-7-12/h1-3,6-7,10-11,13-14,16-17H,4-5,8-9,18H2. The number of nitrogens with zero attached hydrogens (tertiary/aromatic N) is 2. The first-order valence-corrected chi connectivity index (χ1v) is 7.71. The molecule has 4 rings (SSSR count). The van der Waals surface area contributed by atoms with Gasteiger partial charge in [-0.15, -0.1) is 0 Å². The third-order valence-electron chi connectivity index (χ3n) is 5.15. The lowest BCUT2D eigenvalue weighted by Crippen LogP contribution is -2.18. The van der Waals surface area contributed by atoms with E-state index < -0.39 is 0 Å². The molecular weight excluding hydrogens is 246 g/mol. The maximum absolute atomic E-state index is 6.58. The fraction of sp³-hybridized carbons (Fsp3) is 0.471. The lowest BCUT2D eigenvalue weighted by atomic mass is 10.0. The largest absolute Gasteiger partial charge is 0.322 e. The van der Waals surface area contributed by atoms with Crippen molar-refractivity contribution in [2.24, 2.45) is 23.5 Å². The molecule has 2 aliphatic carbocycles. The third kappa shape index (κ3) is 1.88. The molecule has 1 aromatic carbocycles. The van der Waals surface area contributed by atoms with Gasteiger partial charge in [0.15, 0.2) is 0 Å². The Bertz CT molecular complexity index is 577. The number of hydrogen-bond donors (Lipinski definition) is 1. The fourth-order valence-electron chi connectivity index (χ4n) is 4.13. The summed E-state index contributed by atoms with van der Waals surface area (Å²) in [6, 6.07) is 12.5. The molecule has 3 heteroatoms. The van der Waals surface area contributed by atoms with Gasteiger partial charge in [-0.1, -0.05) is 31.0 Å². The van der Waals surface area contributed by atoms with Crippen LogP contribution in [0.4, 0.5) is 0 Å². The Kier molecular flexibility index (Phi) is 2.88. The first kappa shape index (κ1) is 12.2. The molecule has 2 aliphatic rings.